The monoisotopic (exact) mass is 292 g/mol. The molecule has 4 heteroatoms. The van der Waals surface area contributed by atoms with E-state index >= 15 is 0 Å². The minimum atomic E-state index is -0.114. The van der Waals surface area contributed by atoms with Gasteiger partial charge in [0.1, 0.15) is 5.75 Å². The Morgan fingerprint density at radius 3 is 2.62 bits per heavy atom. The van der Waals surface area contributed by atoms with Gasteiger partial charge in [0, 0.05) is 12.8 Å². The van der Waals surface area contributed by atoms with E-state index in [0.29, 0.717) is 0 Å². The molecule has 1 unspecified atom stereocenters. The first-order chi connectivity index (χ1) is 10.3. The Kier molecular flexibility index (Phi) is 6.00. The maximum Gasteiger partial charge on any atom is 0.137 e. The van der Waals surface area contributed by atoms with Gasteiger partial charge in [-0.2, -0.15) is 0 Å². The van der Waals surface area contributed by atoms with Crippen LogP contribution in [-0.2, 0) is 4.74 Å². The Bertz CT molecular complexity index is 425. The molecule has 2 rings (SSSR count). The van der Waals surface area contributed by atoms with E-state index in [2.05, 4.69) is 30.2 Å². The molecule has 1 atom stereocenters. The van der Waals surface area contributed by atoms with E-state index in [1.54, 1.807) is 13.3 Å². The molecule has 1 fully saturated rings. The second-order valence-corrected chi connectivity index (χ2v) is 5.71. The van der Waals surface area contributed by atoms with Gasteiger partial charge < -0.3 is 14.8 Å². The minimum Gasteiger partial charge on any atom is -0.495 e. The van der Waals surface area contributed by atoms with Crippen LogP contribution < -0.4 is 10.1 Å². The van der Waals surface area contributed by atoms with Crippen molar-refractivity contribution in [3.63, 3.8) is 0 Å². The minimum absolute atomic E-state index is 0.114. The number of rotatable bonds is 7. The molecule has 1 aliphatic carbocycles. The Hall–Kier alpha value is -1.13. The molecule has 1 aromatic rings. The molecule has 1 aliphatic rings. The summed E-state index contributed by atoms with van der Waals surface area (Å²) in [6.45, 7) is 5.89. The molecule has 0 bridgehead atoms. The highest BCUT2D eigenvalue weighted by molar-refractivity contribution is 5.28. The van der Waals surface area contributed by atoms with Gasteiger partial charge >= 0.3 is 0 Å². The summed E-state index contributed by atoms with van der Waals surface area (Å²) in [4.78, 5) is 4.32. The lowest BCUT2D eigenvalue weighted by molar-refractivity contribution is -0.0910. The topological polar surface area (TPSA) is 43.4 Å². The third-order valence-electron chi connectivity index (χ3n) is 4.37. The molecule has 21 heavy (non-hydrogen) atoms. The fourth-order valence-corrected chi connectivity index (χ4v) is 3.47. The molecule has 0 aliphatic heterocycles. The lowest BCUT2D eigenvalue weighted by atomic mass is 9.76. The predicted octanol–water partition coefficient (Wildman–Crippen LogP) is 3.48. The summed E-state index contributed by atoms with van der Waals surface area (Å²) in [6.07, 6.45) is 9.68. The van der Waals surface area contributed by atoms with Gasteiger partial charge in [0.05, 0.1) is 24.9 Å². The average Bonchev–Trinajstić information content (AvgIpc) is 2.53. The number of pyridine rings is 1. The summed E-state index contributed by atoms with van der Waals surface area (Å²) in [5, 5.41) is 3.63. The van der Waals surface area contributed by atoms with Crippen molar-refractivity contribution in [2.45, 2.75) is 57.6 Å². The summed E-state index contributed by atoms with van der Waals surface area (Å²) in [6, 6.07) is 2.25. The number of ether oxygens (including phenoxy) is 2. The first-order valence-corrected chi connectivity index (χ1v) is 8.12. The third-order valence-corrected chi connectivity index (χ3v) is 4.37. The van der Waals surface area contributed by atoms with Gasteiger partial charge in [-0.15, -0.1) is 0 Å². The van der Waals surface area contributed by atoms with Crippen LogP contribution in [0.2, 0.25) is 0 Å². The Morgan fingerprint density at radius 2 is 2.00 bits per heavy atom. The van der Waals surface area contributed by atoms with E-state index in [1.807, 2.05) is 6.20 Å². The van der Waals surface area contributed by atoms with Gasteiger partial charge in [0.25, 0.3) is 0 Å². The molecule has 1 aromatic heterocycles. The van der Waals surface area contributed by atoms with Crippen LogP contribution in [0, 0.1) is 0 Å². The number of methoxy groups -OCH3 is 1. The summed E-state index contributed by atoms with van der Waals surface area (Å²) in [5.41, 5.74) is 1.04. The summed E-state index contributed by atoms with van der Waals surface area (Å²) >= 11 is 0. The van der Waals surface area contributed by atoms with Crippen LogP contribution in [0.25, 0.3) is 0 Å². The van der Waals surface area contributed by atoms with E-state index in [-0.39, 0.29) is 11.6 Å². The van der Waals surface area contributed by atoms with E-state index in [0.717, 1.165) is 37.3 Å². The molecule has 118 valence electrons. The van der Waals surface area contributed by atoms with Gasteiger partial charge in [-0.05, 0) is 37.9 Å². The molecule has 1 N–H and O–H groups in total. The highest BCUT2D eigenvalue weighted by atomic mass is 16.5. The smallest absolute Gasteiger partial charge is 0.137 e. The van der Waals surface area contributed by atoms with Crippen LogP contribution in [0.3, 0.4) is 0 Å². The van der Waals surface area contributed by atoms with Crippen molar-refractivity contribution in [2.75, 3.05) is 20.3 Å². The van der Waals surface area contributed by atoms with Crippen molar-refractivity contribution in [3.05, 3.63) is 24.0 Å². The van der Waals surface area contributed by atoms with Crippen LogP contribution in [0.5, 0.6) is 5.75 Å². The molecule has 0 spiro atoms. The quantitative estimate of drug-likeness (QED) is 0.835. The van der Waals surface area contributed by atoms with E-state index in [9.17, 15) is 0 Å². The molecule has 0 saturated heterocycles. The molecule has 4 nitrogen and oxygen atoms in total. The molecule has 1 heterocycles. The van der Waals surface area contributed by atoms with Crippen molar-refractivity contribution < 1.29 is 9.47 Å². The third kappa shape index (κ3) is 3.74. The van der Waals surface area contributed by atoms with Crippen LogP contribution in [0.4, 0.5) is 0 Å². The normalized spacial score (nSPS) is 19.2. The van der Waals surface area contributed by atoms with Crippen molar-refractivity contribution in [3.8, 4) is 5.75 Å². The maximum atomic E-state index is 6.28. The fourth-order valence-electron chi connectivity index (χ4n) is 3.47. The molecular formula is C17H28N2O2. The first kappa shape index (κ1) is 16.2. The Morgan fingerprint density at radius 1 is 1.24 bits per heavy atom. The van der Waals surface area contributed by atoms with E-state index in [1.165, 1.54) is 19.3 Å². The van der Waals surface area contributed by atoms with Crippen molar-refractivity contribution in [1.29, 1.82) is 0 Å². The molecule has 0 amide bonds. The van der Waals surface area contributed by atoms with Crippen molar-refractivity contribution in [2.24, 2.45) is 0 Å². The Balaban J connectivity index is 2.33. The largest absolute Gasteiger partial charge is 0.495 e. The van der Waals surface area contributed by atoms with Crippen LogP contribution in [-0.4, -0.2) is 30.8 Å². The first-order valence-electron chi connectivity index (χ1n) is 8.12. The number of hydrogen-bond donors (Lipinski definition) is 1. The molecule has 0 aromatic carbocycles. The lowest BCUT2D eigenvalue weighted by Gasteiger charge is -2.43. The number of nitrogens with zero attached hydrogens (tertiary/aromatic N) is 1. The van der Waals surface area contributed by atoms with Gasteiger partial charge in [0.2, 0.25) is 0 Å². The molecule has 1 saturated carbocycles. The zero-order chi connectivity index (χ0) is 15.1. The van der Waals surface area contributed by atoms with E-state index in [4.69, 9.17) is 9.47 Å². The highest BCUT2D eigenvalue weighted by Crippen LogP contribution is 2.41. The second-order valence-electron chi connectivity index (χ2n) is 5.71. The van der Waals surface area contributed by atoms with Gasteiger partial charge in [-0.1, -0.05) is 26.2 Å². The lowest BCUT2D eigenvalue weighted by Crippen LogP contribution is -2.47. The molecular weight excluding hydrogens is 264 g/mol. The molecule has 0 radical (unpaired) electrons. The summed E-state index contributed by atoms with van der Waals surface area (Å²) in [5.74, 6) is 0.804. The maximum absolute atomic E-state index is 6.28. The second kappa shape index (κ2) is 7.76. The zero-order valence-corrected chi connectivity index (χ0v) is 13.5. The highest BCUT2D eigenvalue weighted by Gasteiger charge is 2.41. The standard InChI is InChI=1S/C17H28N2O2/c1-4-19-16(14-11-15(20-3)13-18-12-14)17(21-5-2)9-7-6-8-10-17/h11-13,16,19H,4-10H2,1-3H3. The van der Waals surface area contributed by atoms with E-state index < -0.39 is 0 Å². The fraction of sp³-hybridized carbons (Fsp3) is 0.706. The summed E-state index contributed by atoms with van der Waals surface area (Å²) in [7, 11) is 1.68. The SMILES string of the molecule is CCNC(c1cncc(OC)c1)C1(OCC)CCCCC1. The van der Waals surface area contributed by atoms with Crippen LogP contribution in [0.15, 0.2) is 18.5 Å². The zero-order valence-electron chi connectivity index (χ0n) is 13.5. The number of nitrogens with one attached hydrogen (secondary N) is 1. The van der Waals surface area contributed by atoms with Gasteiger partial charge in [0.15, 0.2) is 0 Å². The predicted molar refractivity (Wildman–Crippen MR) is 84.6 cm³/mol. The van der Waals surface area contributed by atoms with Crippen molar-refractivity contribution in [1.82, 2.24) is 10.3 Å². The van der Waals surface area contributed by atoms with Gasteiger partial charge in [-0.25, -0.2) is 0 Å². The summed E-state index contributed by atoms with van der Waals surface area (Å²) < 4.78 is 11.6. The Labute approximate surface area is 128 Å². The number of hydrogen-bond acceptors (Lipinski definition) is 4. The average molecular weight is 292 g/mol. The van der Waals surface area contributed by atoms with Crippen molar-refractivity contribution >= 4 is 0 Å². The number of aromatic nitrogens is 1. The van der Waals surface area contributed by atoms with Gasteiger partial charge in [-0.3, -0.25) is 4.98 Å². The van der Waals surface area contributed by atoms with Crippen LogP contribution >= 0.6 is 0 Å². The van der Waals surface area contributed by atoms with Crippen LogP contribution in [0.1, 0.15) is 57.6 Å². The number of likely N-dealkylation sites (N-methyl/N-ethyl adjacent to an activating group) is 1.